The third-order valence-corrected chi connectivity index (χ3v) is 5.98. The molecule has 2 heteroatoms. The van der Waals surface area contributed by atoms with E-state index < -0.39 is 5.97 Å². The van der Waals surface area contributed by atoms with Gasteiger partial charge in [-0.25, -0.2) is 4.79 Å². The second kappa shape index (κ2) is 16.6. The van der Waals surface area contributed by atoms with Gasteiger partial charge in [-0.05, 0) is 37.0 Å². The molecule has 0 aliphatic carbocycles. The molecule has 0 spiro atoms. The Balaban J connectivity index is 1.90. The lowest BCUT2D eigenvalue weighted by Crippen LogP contribution is -2.02. The summed E-state index contributed by atoms with van der Waals surface area (Å²) in [5.41, 5.74) is 2.59. The highest BCUT2D eigenvalue weighted by atomic mass is 16.4. The molecule has 0 saturated heterocycles. The second-order valence-electron chi connectivity index (χ2n) is 8.45. The van der Waals surface area contributed by atoms with Crippen molar-refractivity contribution in [3.63, 3.8) is 0 Å². The number of benzene rings is 1. The summed E-state index contributed by atoms with van der Waals surface area (Å²) in [6.07, 6.45) is 23.1. The van der Waals surface area contributed by atoms with Crippen LogP contribution >= 0.6 is 0 Å². The highest BCUT2D eigenvalue weighted by Gasteiger charge is 2.09. The largest absolute Gasteiger partial charge is 0.478 e. The molecule has 0 aliphatic rings. The predicted octanol–water partition coefficient (Wildman–Crippen LogP) is 8.50. The van der Waals surface area contributed by atoms with Gasteiger partial charge in [-0.15, -0.1) is 0 Å². The maximum Gasteiger partial charge on any atom is 0.335 e. The molecule has 28 heavy (non-hydrogen) atoms. The van der Waals surface area contributed by atoms with Crippen molar-refractivity contribution in [2.24, 2.45) is 0 Å². The first-order chi connectivity index (χ1) is 13.7. The van der Waals surface area contributed by atoms with Gasteiger partial charge in [0.05, 0.1) is 5.56 Å². The highest BCUT2D eigenvalue weighted by Crippen LogP contribution is 2.18. The van der Waals surface area contributed by atoms with Gasteiger partial charge in [-0.3, -0.25) is 0 Å². The molecule has 1 aromatic rings. The lowest BCUT2D eigenvalue weighted by Gasteiger charge is -2.08. The van der Waals surface area contributed by atoms with Gasteiger partial charge in [-0.1, -0.05) is 115 Å². The van der Waals surface area contributed by atoms with E-state index >= 15 is 0 Å². The Kier molecular flexibility index (Phi) is 14.7. The number of rotatable bonds is 18. The number of hydrogen-bond donors (Lipinski definition) is 1. The molecule has 0 heterocycles. The Bertz CT molecular complexity index is 521. The van der Waals surface area contributed by atoms with Gasteiger partial charge in [0.25, 0.3) is 0 Å². The zero-order valence-corrected chi connectivity index (χ0v) is 18.6. The van der Waals surface area contributed by atoms with E-state index in [0.29, 0.717) is 5.56 Å². The van der Waals surface area contributed by atoms with Crippen LogP contribution in [0, 0.1) is 6.92 Å². The molecule has 0 bridgehead atoms. The normalized spacial score (nSPS) is 11.1. The van der Waals surface area contributed by atoms with Gasteiger partial charge >= 0.3 is 5.97 Å². The predicted molar refractivity (Wildman–Crippen MR) is 121 cm³/mol. The SMILES string of the molecule is CCCCCCCCCCCCCCCCCCc1cccc(C(=O)O)c1C. The van der Waals surface area contributed by atoms with Crippen LogP contribution in [-0.4, -0.2) is 11.1 Å². The third kappa shape index (κ3) is 11.5. The lowest BCUT2D eigenvalue weighted by molar-refractivity contribution is 0.0696. The van der Waals surface area contributed by atoms with E-state index in [2.05, 4.69) is 13.0 Å². The van der Waals surface area contributed by atoms with Crippen molar-refractivity contribution in [2.45, 2.75) is 123 Å². The van der Waals surface area contributed by atoms with E-state index in [1.807, 2.05) is 13.0 Å². The fourth-order valence-corrected chi connectivity index (χ4v) is 4.05. The summed E-state index contributed by atoms with van der Waals surface area (Å²) >= 11 is 0. The number of carbonyl (C=O) groups is 1. The summed E-state index contributed by atoms with van der Waals surface area (Å²) in [7, 11) is 0. The first kappa shape index (κ1) is 24.7. The number of aromatic carboxylic acids is 1. The number of unbranched alkanes of at least 4 members (excludes halogenated alkanes) is 15. The van der Waals surface area contributed by atoms with Crippen LogP contribution in [0.5, 0.6) is 0 Å². The van der Waals surface area contributed by atoms with Crippen LogP contribution in [0.1, 0.15) is 131 Å². The first-order valence-electron chi connectivity index (χ1n) is 12.0. The van der Waals surface area contributed by atoms with Gasteiger partial charge in [-0.2, -0.15) is 0 Å². The van der Waals surface area contributed by atoms with Crippen molar-refractivity contribution in [3.8, 4) is 0 Å². The van der Waals surface area contributed by atoms with E-state index in [1.165, 1.54) is 108 Å². The van der Waals surface area contributed by atoms with E-state index in [-0.39, 0.29) is 0 Å². The molecule has 0 aromatic heterocycles. The topological polar surface area (TPSA) is 37.3 Å². The Morgan fingerprint density at radius 2 is 1.14 bits per heavy atom. The zero-order valence-electron chi connectivity index (χ0n) is 18.6. The van der Waals surface area contributed by atoms with E-state index in [1.54, 1.807) is 6.07 Å². The van der Waals surface area contributed by atoms with Crippen molar-refractivity contribution in [1.29, 1.82) is 0 Å². The van der Waals surface area contributed by atoms with E-state index in [0.717, 1.165) is 12.0 Å². The van der Waals surface area contributed by atoms with E-state index in [9.17, 15) is 9.90 Å². The van der Waals surface area contributed by atoms with E-state index in [4.69, 9.17) is 0 Å². The van der Waals surface area contributed by atoms with Crippen molar-refractivity contribution >= 4 is 5.97 Å². The molecule has 0 radical (unpaired) electrons. The van der Waals surface area contributed by atoms with Crippen LogP contribution in [-0.2, 0) is 6.42 Å². The van der Waals surface area contributed by atoms with Gasteiger partial charge < -0.3 is 5.11 Å². The fraction of sp³-hybridized carbons (Fsp3) is 0.731. The van der Waals surface area contributed by atoms with Crippen molar-refractivity contribution in [1.82, 2.24) is 0 Å². The Morgan fingerprint density at radius 1 is 0.714 bits per heavy atom. The molecule has 0 saturated carbocycles. The average molecular weight is 389 g/mol. The minimum absolute atomic E-state index is 0.453. The van der Waals surface area contributed by atoms with Crippen molar-refractivity contribution in [3.05, 3.63) is 34.9 Å². The smallest absolute Gasteiger partial charge is 0.335 e. The van der Waals surface area contributed by atoms with Crippen LogP contribution in [0.15, 0.2) is 18.2 Å². The standard InChI is InChI=1S/C26H44O2/c1-3-4-5-6-7-8-9-10-11-12-13-14-15-16-17-18-20-24-21-19-22-25(23(24)2)26(27)28/h19,21-22H,3-18,20H2,1-2H3,(H,27,28). The maximum absolute atomic E-state index is 11.2. The molecular weight excluding hydrogens is 344 g/mol. The Labute approximate surface area is 174 Å². The van der Waals surface area contributed by atoms with Crippen LogP contribution in [0.3, 0.4) is 0 Å². The molecular formula is C26H44O2. The average Bonchev–Trinajstić information content (AvgIpc) is 2.68. The monoisotopic (exact) mass is 388 g/mol. The lowest BCUT2D eigenvalue weighted by atomic mass is 9.97. The van der Waals surface area contributed by atoms with Gasteiger partial charge in [0.1, 0.15) is 0 Å². The first-order valence-corrected chi connectivity index (χ1v) is 12.0. The molecule has 0 amide bonds. The zero-order chi connectivity index (χ0) is 20.5. The number of carboxylic acids is 1. The Morgan fingerprint density at radius 3 is 1.57 bits per heavy atom. The summed E-state index contributed by atoms with van der Waals surface area (Å²) < 4.78 is 0. The summed E-state index contributed by atoms with van der Waals surface area (Å²) in [5, 5.41) is 9.20. The van der Waals surface area contributed by atoms with Gasteiger partial charge in [0.2, 0.25) is 0 Å². The van der Waals surface area contributed by atoms with Crippen LogP contribution in [0.2, 0.25) is 0 Å². The summed E-state index contributed by atoms with van der Waals surface area (Å²) in [5.74, 6) is -0.814. The number of carboxylic acid groups (broad SMARTS) is 1. The molecule has 0 unspecified atom stereocenters. The Hall–Kier alpha value is -1.31. The second-order valence-corrected chi connectivity index (χ2v) is 8.45. The third-order valence-electron chi connectivity index (χ3n) is 5.98. The molecule has 1 aromatic carbocycles. The quantitative estimate of drug-likeness (QED) is 0.256. The molecule has 1 N–H and O–H groups in total. The van der Waals surface area contributed by atoms with Crippen molar-refractivity contribution < 1.29 is 9.90 Å². The van der Waals surface area contributed by atoms with Gasteiger partial charge in [0, 0.05) is 0 Å². The minimum Gasteiger partial charge on any atom is -0.478 e. The fourth-order valence-electron chi connectivity index (χ4n) is 4.05. The molecule has 0 fully saturated rings. The highest BCUT2D eigenvalue weighted by molar-refractivity contribution is 5.89. The van der Waals surface area contributed by atoms with Crippen molar-refractivity contribution in [2.75, 3.05) is 0 Å². The molecule has 160 valence electrons. The molecule has 0 atom stereocenters. The number of aryl methyl sites for hydroxylation is 1. The van der Waals surface area contributed by atoms with Crippen LogP contribution < -0.4 is 0 Å². The summed E-state index contributed by atoms with van der Waals surface area (Å²) in [6.45, 7) is 4.22. The van der Waals surface area contributed by atoms with Crippen LogP contribution in [0.4, 0.5) is 0 Å². The molecule has 2 nitrogen and oxygen atoms in total. The summed E-state index contributed by atoms with van der Waals surface area (Å²) in [4.78, 5) is 11.2. The minimum atomic E-state index is -0.814. The summed E-state index contributed by atoms with van der Waals surface area (Å²) in [6, 6.07) is 5.65. The number of hydrogen-bond acceptors (Lipinski definition) is 1. The molecule has 1 rings (SSSR count). The van der Waals surface area contributed by atoms with Crippen LogP contribution in [0.25, 0.3) is 0 Å². The molecule has 0 aliphatic heterocycles. The van der Waals surface area contributed by atoms with Gasteiger partial charge in [0.15, 0.2) is 0 Å². The maximum atomic E-state index is 11.2.